The summed E-state index contributed by atoms with van der Waals surface area (Å²) in [4.78, 5) is 5.21. The summed E-state index contributed by atoms with van der Waals surface area (Å²) in [6.45, 7) is 6.76. The molecule has 0 bridgehead atoms. The van der Waals surface area contributed by atoms with Crippen LogP contribution >= 0.6 is 11.6 Å². The maximum absolute atomic E-state index is 6.10. The van der Waals surface area contributed by atoms with Crippen molar-refractivity contribution in [1.82, 2.24) is 14.8 Å². The fourth-order valence-corrected chi connectivity index (χ4v) is 4.80. The SMILES string of the molecule is CCCCCCc1nc2c(c(C)nn2-c2ccc(Cl)cc2)c2c1CCCC2C. The van der Waals surface area contributed by atoms with Gasteiger partial charge in [-0.1, -0.05) is 44.7 Å². The summed E-state index contributed by atoms with van der Waals surface area (Å²) in [6, 6.07) is 7.90. The summed E-state index contributed by atoms with van der Waals surface area (Å²) in [5, 5.41) is 6.91. The lowest BCUT2D eigenvalue weighted by molar-refractivity contribution is 0.582. The molecule has 0 saturated heterocycles. The predicted octanol–water partition coefficient (Wildman–Crippen LogP) is 6.94. The van der Waals surface area contributed by atoms with Crippen molar-refractivity contribution in [3.63, 3.8) is 0 Å². The molecule has 0 fully saturated rings. The van der Waals surface area contributed by atoms with E-state index >= 15 is 0 Å². The van der Waals surface area contributed by atoms with Crippen molar-refractivity contribution >= 4 is 22.6 Å². The van der Waals surface area contributed by atoms with Gasteiger partial charge >= 0.3 is 0 Å². The standard InChI is InChI=1S/C24H30ClN3/c1-4-5-6-7-11-21-20-10-8-9-16(2)22(20)23-17(3)27-28(24(23)26-21)19-14-12-18(25)13-15-19/h12-16H,4-11H2,1-3H3. The van der Waals surface area contributed by atoms with Gasteiger partial charge in [0.25, 0.3) is 0 Å². The number of rotatable bonds is 6. The molecule has 2 heterocycles. The Hall–Kier alpha value is -1.87. The fraction of sp³-hybridized carbons (Fsp3) is 0.500. The highest BCUT2D eigenvalue weighted by Crippen LogP contribution is 2.39. The van der Waals surface area contributed by atoms with E-state index in [9.17, 15) is 0 Å². The molecule has 0 amide bonds. The average molecular weight is 396 g/mol. The number of pyridine rings is 1. The molecular formula is C24H30ClN3. The summed E-state index contributed by atoms with van der Waals surface area (Å²) in [5.74, 6) is 0.574. The minimum atomic E-state index is 0.574. The minimum Gasteiger partial charge on any atom is -0.233 e. The zero-order chi connectivity index (χ0) is 19.7. The largest absolute Gasteiger partial charge is 0.233 e. The van der Waals surface area contributed by atoms with Crippen LogP contribution in [-0.4, -0.2) is 14.8 Å². The van der Waals surface area contributed by atoms with Crippen molar-refractivity contribution in [2.24, 2.45) is 0 Å². The third-order valence-corrected chi connectivity index (χ3v) is 6.37. The summed E-state index contributed by atoms with van der Waals surface area (Å²) < 4.78 is 2.01. The molecule has 1 unspecified atom stereocenters. The highest BCUT2D eigenvalue weighted by atomic mass is 35.5. The molecule has 1 aromatic carbocycles. The average Bonchev–Trinajstić information content (AvgIpc) is 3.02. The van der Waals surface area contributed by atoms with E-state index in [1.807, 2.05) is 28.9 Å². The zero-order valence-electron chi connectivity index (χ0n) is 17.3. The lowest BCUT2D eigenvalue weighted by atomic mass is 9.81. The van der Waals surface area contributed by atoms with Gasteiger partial charge in [-0.3, -0.25) is 0 Å². The van der Waals surface area contributed by atoms with Crippen LogP contribution in [0.1, 0.15) is 80.8 Å². The van der Waals surface area contributed by atoms with Gasteiger partial charge in [-0.15, -0.1) is 0 Å². The molecule has 1 atom stereocenters. The summed E-state index contributed by atoms with van der Waals surface area (Å²) in [5.41, 5.74) is 7.45. The molecule has 0 saturated carbocycles. The second kappa shape index (κ2) is 8.24. The van der Waals surface area contributed by atoms with Crippen molar-refractivity contribution in [3.05, 3.63) is 51.8 Å². The van der Waals surface area contributed by atoms with E-state index in [-0.39, 0.29) is 0 Å². The highest BCUT2D eigenvalue weighted by molar-refractivity contribution is 6.30. The number of aromatic nitrogens is 3. The Morgan fingerprint density at radius 2 is 1.93 bits per heavy atom. The Balaban J connectivity index is 1.87. The smallest absolute Gasteiger partial charge is 0.163 e. The molecule has 0 spiro atoms. The van der Waals surface area contributed by atoms with Crippen molar-refractivity contribution in [1.29, 1.82) is 0 Å². The number of benzene rings is 1. The lowest BCUT2D eigenvalue weighted by Gasteiger charge is -2.25. The van der Waals surface area contributed by atoms with Gasteiger partial charge in [0.15, 0.2) is 5.65 Å². The first-order chi connectivity index (χ1) is 13.6. The van der Waals surface area contributed by atoms with E-state index in [0.29, 0.717) is 5.92 Å². The van der Waals surface area contributed by atoms with Crippen molar-refractivity contribution in [2.45, 2.75) is 78.1 Å². The number of unbranched alkanes of at least 4 members (excludes halogenated alkanes) is 3. The molecule has 1 aliphatic carbocycles. The fourth-order valence-electron chi connectivity index (χ4n) is 4.68. The van der Waals surface area contributed by atoms with Crippen molar-refractivity contribution in [3.8, 4) is 5.69 Å². The second-order valence-corrected chi connectivity index (χ2v) is 8.66. The topological polar surface area (TPSA) is 30.7 Å². The Morgan fingerprint density at radius 3 is 2.68 bits per heavy atom. The van der Waals surface area contributed by atoms with Crippen LogP contribution in [0.4, 0.5) is 0 Å². The third kappa shape index (κ3) is 3.57. The molecule has 148 valence electrons. The molecule has 1 aliphatic rings. The number of aryl methyl sites for hydroxylation is 2. The molecule has 0 aliphatic heterocycles. The predicted molar refractivity (Wildman–Crippen MR) is 118 cm³/mol. The molecular weight excluding hydrogens is 366 g/mol. The molecule has 3 aromatic rings. The maximum atomic E-state index is 6.10. The summed E-state index contributed by atoms with van der Waals surface area (Å²) >= 11 is 6.10. The number of fused-ring (bicyclic) bond motifs is 3. The molecule has 2 aromatic heterocycles. The summed E-state index contributed by atoms with van der Waals surface area (Å²) in [7, 11) is 0. The van der Waals surface area contributed by atoms with E-state index < -0.39 is 0 Å². The molecule has 4 rings (SSSR count). The van der Waals surface area contributed by atoms with E-state index in [2.05, 4.69) is 20.8 Å². The van der Waals surface area contributed by atoms with Crippen LogP contribution in [0.3, 0.4) is 0 Å². The zero-order valence-corrected chi connectivity index (χ0v) is 18.0. The van der Waals surface area contributed by atoms with Crippen LogP contribution < -0.4 is 0 Å². The Kier molecular flexibility index (Phi) is 5.73. The van der Waals surface area contributed by atoms with Crippen LogP contribution in [0.25, 0.3) is 16.7 Å². The quantitative estimate of drug-likeness (QED) is 0.423. The van der Waals surface area contributed by atoms with E-state index in [1.54, 1.807) is 0 Å². The van der Waals surface area contributed by atoms with Crippen LogP contribution in [0.5, 0.6) is 0 Å². The molecule has 0 N–H and O–H groups in total. The van der Waals surface area contributed by atoms with Crippen LogP contribution in [0.2, 0.25) is 5.02 Å². The number of nitrogens with zero attached hydrogens (tertiary/aromatic N) is 3. The normalized spacial score (nSPS) is 16.5. The van der Waals surface area contributed by atoms with Crippen LogP contribution in [0, 0.1) is 6.92 Å². The third-order valence-electron chi connectivity index (χ3n) is 6.11. The Morgan fingerprint density at radius 1 is 1.14 bits per heavy atom. The Bertz CT molecular complexity index is 972. The number of halogens is 1. The van der Waals surface area contributed by atoms with Gasteiger partial charge in [-0.2, -0.15) is 5.10 Å². The van der Waals surface area contributed by atoms with Gasteiger partial charge in [0.05, 0.1) is 11.4 Å². The number of hydrogen-bond donors (Lipinski definition) is 0. The van der Waals surface area contributed by atoms with Gasteiger partial charge in [-0.05, 0) is 80.3 Å². The Labute approximate surface area is 173 Å². The van der Waals surface area contributed by atoms with Crippen LogP contribution in [0.15, 0.2) is 24.3 Å². The van der Waals surface area contributed by atoms with E-state index in [0.717, 1.165) is 34.9 Å². The highest BCUT2D eigenvalue weighted by Gasteiger charge is 2.26. The minimum absolute atomic E-state index is 0.574. The maximum Gasteiger partial charge on any atom is 0.163 e. The van der Waals surface area contributed by atoms with E-state index in [4.69, 9.17) is 21.7 Å². The van der Waals surface area contributed by atoms with Gasteiger partial charge in [0, 0.05) is 16.1 Å². The monoisotopic (exact) mass is 395 g/mol. The second-order valence-electron chi connectivity index (χ2n) is 8.23. The lowest BCUT2D eigenvalue weighted by Crippen LogP contribution is -2.13. The van der Waals surface area contributed by atoms with Gasteiger partial charge in [0.2, 0.25) is 0 Å². The first-order valence-corrected chi connectivity index (χ1v) is 11.1. The van der Waals surface area contributed by atoms with Crippen molar-refractivity contribution in [2.75, 3.05) is 0 Å². The van der Waals surface area contributed by atoms with Crippen molar-refractivity contribution < 1.29 is 0 Å². The van der Waals surface area contributed by atoms with E-state index in [1.165, 1.54) is 60.7 Å². The van der Waals surface area contributed by atoms with Crippen LogP contribution in [-0.2, 0) is 12.8 Å². The van der Waals surface area contributed by atoms with Gasteiger partial charge in [-0.25, -0.2) is 9.67 Å². The summed E-state index contributed by atoms with van der Waals surface area (Å²) in [6.07, 6.45) is 9.86. The van der Waals surface area contributed by atoms with Gasteiger partial charge < -0.3 is 0 Å². The molecule has 4 heteroatoms. The molecule has 3 nitrogen and oxygen atoms in total. The molecule has 28 heavy (non-hydrogen) atoms. The molecule has 0 radical (unpaired) electrons. The number of hydrogen-bond acceptors (Lipinski definition) is 2. The first-order valence-electron chi connectivity index (χ1n) is 10.8. The van der Waals surface area contributed by atoms with Gasteiger partial charge in [0.1, 0.15) is 0 Å². The first kappa shape index (κ1) is 19.4.